The molecular weight excluding hydrogens is 532 g/mol. The molecule has 0 aromatic heterocycles. The lowest BCUT2D eigenvalue weighted by Crippen LogP contribution is -2.27. The molecule has 1 N–H and O–H groups in total. The van der Waals surface area contributed by atoms with Crippen LogP contribution in [0.3, 0.4) is 0 Å². The van der Waals surface area contributed by atoms with Crippen LogP contribution in [0.4, 0.5) is 0 Å². The van der Waals surface area contributed by atoms with Gasteiger partial charge in [-0.1, -0.05) is 145 Å². The fourth-order valence-corrected chi connectivity index (χ4v) is 4.45. The van der Waals surface area contributed by atoms with Crippen LogP contribution in [0.25, 0.3) is 0 Å². The highest BCUT2D eigenvalue weighted by molar-refractivity contribution is 5.69. The van der Waals surface area contributed by atoms with E-state index in [1.807, 2.05) is 0 Å². The normalized spacial score (nSPS) is 13.3. The van der Waals surface area contributed by atoms with E-state index in [0.717, 1.165) is 77.0 Å². The Bertz CT molecular complexity index is 759. The summed E-state index contributed by atoms with van der Waals surface area (Å²) in [4.78, 5) is 12.1. The largest absolute Gasteiger partial charge is 0.457 e. The summed E-state index contributed by atoms with van der Waals surface area (Å²) in [5.74, 6) is -0.230. The maximum absolute atomic E-state index is 12.1. The van der Waals surface area contributed by atoms with Gasteiger partial charge in [0.05, 0.1) is 13.2 Å². The SMILES string of the molecule is CC/C=C\C/C=C\C/C=C\C/C=C\C/C=C\C/C=C\CCCCCCC(=O)OC(CO)COCCCCCCCCCC. The maximum atomic E-state index is 12.1. The molecule has 0 bridgehead atoms. The van der Waals surface area contributed by atoms with Crippen LogP contribution in [0.15, 0.2) is 72.9 Å². The lowest BCUT2D eigenvalue weighted by atomic mass is 10.1. The lowest BCUT2D eigenvalue weighted by molar-refractivity contribution is -0.154. The molecular formula is C39H66O4. The summed E-state index contributed by atoms with van der Waals surface area (Å²) in [6.07, 6.45) is 48.0. The van der Waals surface area contributed by atoms with E-state index < -0.39 is 6.10 Å². The summed E-state index contributed by atoms with van der Waals surface area (Å²) in [5, 5.41) is 9.50. The molecule has 1 unspecified atom stereocenters. The number of hydrogen-bond acceptors (Lipinski definition) is 4. The van der Waals surface area contributed by atoms with Crippen molar-refractivity contribution >= 4 is 5.97 Å². The number of carbonyl (C=O) groups is 1. The Labute approximate surface area is 266 Å². The van der Waals surface area contributed by atoms with Crippen molar-refractivity contribution in [3.05, 3.63) is 72.9 Å². The van der Waals surface area contributed by atoms with Crippen LogP contribution in [0.2, 0.25) is 0 Å². The number of allylic oxidation sites excluding steroid dienone is 12. The van der Waals surface area contributed by atoms with Crippen LogP contribution in [0.1, 0.15) is 142 Å². The highest BCUT2D eigenvalue weighted by Gasteiger charge is 2.13. The van der Waals surface area contributed by atoms with Crippen LogP contribution < -0.4 is 0 Å². The zero-order valence-electron chi connectivity index (χ0n) is 27.9. The highest BCUT2D eigenvalue weighted by Crippen LogP contribution is 2.10. The van der Waals surface area contributed by atoms with Gasteiger partial charge < -0.3 is 14.6 Å². The maximum Gasteiger partial charge on any atom is 0.306 e. The summed E-state index contributed by atoms with van der Waals surface area (Å²) in [5.41, 5.74) is 0. The van der Waals surface area contributed by atoms with E-state index in [1.54, 1.807) is 0 Å². The quantitative estimate of drug-likeness (QED) is 0.0490. The first-order valence-corrected chi connectivity index (χ1v) is 17.5. The molecule has 0 aromatic carbocycles. The molecule has 246 valence electrons. The Morgan fingerprint density at radius 1 is 0.581 bits per heavy atom. The molecule has 0 aromatic rings. The van der Waals surface area contributed by atoms with Gasteiger partial charge in [-0.05, 0) is 64.2 Å². The van der Waals surface area contributed by atoms with Crippen molar-refractivity contribution in [2.45, 2.75) is 148 Å². The van der Waals surface area contributed by atoms with Crippen molar-refractivity contribution in [3.8, 4) is 0 Å². The van der Waals surface area contributed by atoms with Gasteiger partial charge in [-0.2, -0.15) is 0 Å². The Hall–Kier alpha value is -2.17. The molecule has 0 spiro atoms. The zero-order chi connectivity index (χ0) is 31.3. The monoisotopic (exact) mass is 598 g/mol. The summed E-state index contributed by atoms with van der Waals surface area (Å²) in [7, 11) is 0. The number of aliphatic hydroxyl groups excluding tert-OH is 1. The first-order chi connectivity index (χ1) is 21.2. The van der Waals surface area contributed by atoms with E-state index in [9.17, 15) is 9.90 Å². The van der Waals surface area contributed by atoms with Crippen LogP contribution in [0.5, 0.6) is 0 Å². The third-order valence-corrected chi connectivity index (χ3v) is 7.05. The van der Waals surface area contributed by atoms with E-state index in [4.69, 9.17) is 9.47 Å². The molecule has 0 saturated heterocycles. The van der Waals surface area contributed by atoms with E-state index in [0.29, 0.717) is 13.0 Å². The van der Waals surface area contributed by atoms with Crippen molar-refractivity contribution in [2.75, 3.05) is 19.8 Å². The van der Waals surface area contributed by atoms with Crippen molar-refractivity contribution in [2.24, 2.45) is 0 Å². The third kappa shape index (κ3) is 34.2. The number of aliphatic hydroxyl groups is 1. The topological polar surface area (TPSA) is 55.8 Å². The first kappa shape index (κ1) is 40.8. The number of hydrogen-bond donors (Lipinski definition) is 1. The summed E-state index contributed by atoms with van der Waals surface area (Å²) in [6, 6.07) is 0. The molecule has 0 rings (SSSR count). The van der Waals surface area contributed by atoms with Gasteiger partial charge in [0, 0.05) is 13.0 Å². The number of rotatable bonds is 31. The van der Waals surface area contributed by atoms with Gasteiger partial charge in [0.2, 0.25) is 0 Å². The minimum absolute atomic E-state index is 0.185. The van der Waals surface area contributed by atoms with Crippen molar-refractivity contribution in [1.82, 2.24) is 0 Å². The van der Waals surface area contributed by atoms with E-state index in [-0.39, 0.29) is 19.2 Å². The van der Waals surface area contributed by atoms with Gasteiger partial charge in [-0.3, -0.25) is 4.79 Å². The number of unbranched alkanes of at least 4 members (excludes halogenated alkanes) is 11. The molecule has 0 aliphatic heterocycles. The second-order valence-electron chi connectivity index (χ2n) is 11.2. The van der Waals surface area contributed by atoms with Gasteiger partial charge >= 0.3 is 5.97 Å². The molecule has 4 heteroatoms. The molecule has 0 fully saturated rings. The molecule has 1 atom stereocenters. The average Bonchev–Trinajstić information content (AvgIpc) is 3.01. The predicted molar refractivity (Wildman–Crippen MR) is 186 cm³/mol. The van der Waals surface area contributed by atoms with Gasteiger partial charge in [0.15, 0.2) is 0 Å². The molecule has 0 amide bonds. The highest BCUT2D eigenvalue weighted by atomic mass is 16.6. The van der Waals surface area contributed by atoms with Gasteiger partial charge in [0.1, 0.15) is 6.10 Å². The lowest BCUT2D eigenvalue weighted by Gasteiger charge is -2.15. The Morgan fingerprint density at radius 2 is 1.05 bits per heavy atom. The standard InChI is InChI=1S/C39H66O4/c1-3-5-7-9-11-13-14-15-16-17-18-19-20-21-22-23-24-25-26-27-28-30-32-34-39(41)43-38(36-40)37-42-35-33-31-29-12-10-8-6-4-2/h5,7,11,13,15-16,18-19,21-22,24-25,38,40H,3-4,6,8-10,12,14,17,20,23,26-37H2,1-2H3/b7-5-,13-11-,16-15-,19-18-,22-21-,25-24-. The van der Waals surface area contributed by atoms with Gasteiger partial charge in [-0.15, -0.1) is 0 Å². The Morgan fingerprint density at radius 3 is 1.58 bits per heavy atom. The fourth-order valence-electron chi connectivity index (χ4n) is 4.45. The van der Waals surface area contributed by atoms with E-state index in [1.165, 1.54) is 44.9 Å². The number of carbonyl (C=O) groups excluding carboxylic acids is 1. The Kier molecular flexibility index (Phi) is 34.2. The first-order valence-electron chi connectivity index (χ1n) is 17.5. The van der Waals surface area contributed by atoms with Crippen LogP contribution in [-0.2, 0) is 14.3 Å². The molecule has 0 aliphatic carbocycles. The zero-order valence-corrected chi connectivity index (χ0v) is 27.9. The number of esters is 1. The molecule has 43 heavy (non-hydrogen) atoms. The third-order valence-electron chi connectivity index (χ3n) is 7.05. The molecule has 0 saturated carbocycles. The smallest absolute Gasteiger partial charge is 0.306 e. The fraction of sp³-hybridized carbons (Fsp3) is 0.667. The average molecular weight is 599 g/mol. The summed E-state index contributed by atoms with van der Waals surface area (Å²) < 4.78 is 11.0. The second-order valence-corrected chi connectivity index (χ2v) is 11.2. The van der Waals surface area contributed by atoms with Crippen molar-refractivity contribution < 1.29 is 19.4 Å². The second kappa shape index (κ2) is 36.0. The molecule has 0 radical (unpaired) electrons. The summed E-state index contributed by atoms with van der Waals surface area (Å²) >= 11 is 0. The number of ether oxygens (including phenoxy) is 2. The minimum atomic E-state index is -0.547. The van der Waals surface area contributed by atoms with E-state index >= 15 is 0 Å². The van der Waals surface area contributed by atoms with Crippen LogP contribution in [-0.4, -0.2) is 37.0 Å². The van der Waals surface area contributed by atoms with Crippen molar-refractivity contribution in [1.29, 1.82) is 0 Å². The molecule has 0 heterocycles. The van der Waals surface area contributed by atoms with Crippen molar-refractivity contribution in [3.63, 3.8) is 0 Å². The molecule has 0 aliphatic rings. The van der Waals surface area contributed by atoms with Crippen LogP contribution >= 0.6 is 0 Å². The van der Waals surface area contributed by atoms with E-state index in [2.05, 4.69) is 86.8 Å². The van der Waals surface area contributed by atoms with Gasteiger partial charge in [0.25, 0.3) is 0 Å². The predicted octanol–water partition coefficient (Wildman–Crippen LogP) is 11.1. The Balaban J connectivity index is 3.59. The van der Waals surface area contributed by atoms with Crippen LogP contribution in [0, 0.1) is 0 Å². The molecule has 4 nitrogen and oxygen atoms in total. The van der Waals surface area contributed by atoms with Gasteiger partial charge in [-0.25, -0.2) is 0 Å². The summed E-state index contributed by atoms with van der Waals surface area (Å²) in [6.45, 7) is 5.16. The minimum Gasteiger partial charge on any atom is -0.457 e.